The van der Waals surface area contributed by atoms with Gasteiger partial charge >= 0.3 is 0 Å². The van der Waals surface area contributed by atoms with Crippen molar-refractivity contribution in [2.45, 2.75) is 32.3 Å². The third-order valence-corrected chi connectivity index (χ3v) is 5.23. The average molecular weight is 399 g/mol. The molecule has 0 aliphatic carbocycles. The van der Waals surface area contributed by atoms with Gasteiger partial charge in [0.1, 0.15) is 5.60 Å². The fraction of sp³-hybridized carbons (Fsp3) is 0.250. The Balaban J connectivity index is 1.89. The van der Waals surface area contributed by atoms with Crippen molar-refractivity contribution in [3.8, 4) is 0 Å². The molecule has 154 valence electrons. The van der Waals surface area contributed by atoms with Gasteiger partial charge in [0, 0.05) is 12.5 Å². The maximum Gasteiger partial charge on any atom is 0.157 e. The highest BCUT2D eigenvalue weighted by atomic mass is 16.5. The summed E-state index contributed by atoms with van der Waals surface area (Å²) in [7, 11) is 0. The maximum absolute atomic E-state index is 11.8. The van der Waals surface area contributed by atoms with Gasteiger partial charge in [-0.25, -0.2) is 0 Å². The minimum absolute atomic E-state index is 0.0411. The van der Waals surface area contributed by atoms with Crippen molar-refractivity contribution in [1.82, 2.24) is 0 Å². The summed E-state index contributed by atoms with van der Waals surface area (Å²) >= 11 is 0. The number of unbranched alkanes of at least 4 members (excludes halogenated alkanes) is 1. The molecule has 2 heteroatoms. The Hall–Kier alpha value is -2.97. The molecule has 0 aliphatic rings. The summed E-state index contributed by atoms with van der Waals surface area (Å²) in [5, 5.41) is 0. The number of carbonyl (C=O) groups excluding carboxylic acids is 1. The van der Waals surface area contributed by atoms with Gasteiger partial charge < -0.3 is 4.74 Å². The Morgan fingerprint density at radius 2 is 1.23 bits per heavy atom. The molecule has 3 rings (SSSR count). The zero-order chi connectivity index (χ0) is 21.2. The van der Waals surface area contributed by atoms with Crippen LogP contribution >= 0.6 is 0 Å². The molecule has 0 aliphatic heterocycles. The smallest absolute Gasteiger partial charge is 0.157 e. The predicted octanol–water partition coefficient (Wildman–Crippen LogP) is 6.56. The van der Waals surface area contributed by atoms with E-state index in [1.54, 1.807) is 6.08 Å². The van der Waals surface area contributed by atoms with E-state index in [0.717, 1.165) is 29.5 Å². The molecule has 30 heavy (non-hydrogen) atoms. The highest BCUT2D eigenvalue weighted by molar-refractivity contribution is 5.91. The Kier molecular flexibility index (Phi) is 7.75. The van der Waals surface area contributed by atoms with Gasteiger partial charge in [0.2, 0.25) is 0 Å². The second kappa shape index (κ2) is 10.7. The fourth-order valence-electron chi connectivity index (χ4n) is 3.59. The maximum atomic E-state index is 11.8. The molecule has 3 aromatic rings. The fourth-order valence-corrected chi connectivity index (χ4v) is 3.59. The summed E-state index contributed by atoms with van der Waals surface area (Å²) in [6.07, 6.45) is 5.31. The number of ether oxygens (including phenoxy) is 1. The molecule has 0 amide bonds. The van der Waals surface area contributed by atoms with E-state index in [-0.39, 0.29) is 11.7 Å². The highest BCUT2D eigenvalue weighted by Gasteiger charge is 2.37. The molecular formula is C28H30O2. The van der Waals surface area contributed by atoms with Crippen LogP contribution in [-0.2, 0) is 15.1 Å². The molecule has 0 saturated heterocycles. The Morgan fingerprint density at radius 1 is 0.800 bits per heavy atom. The lowest BCUT2D eigenvalue weighted by Crippen LogP contribution is -2.33. The van der Waals surface area contributed by atoms with Gasteiger partial charge in [-0.05, 0) is 35.6 Å². The van der Waals surface area contributed by atoms with Crippen molar-refractivity contribution in [3.05, 3.63) is 120 Å². The van der Waals surface area contributed by atoms with E-state index in [2.05, 4.69) is 72.8 Å². The molecule has 0 aromatic heterocycles. The van der Waals surface area contributed by atoms with Crippen LogP contribution in [0.1, 0.15) is 43.4 Å². The van der Waals surface area contributed by atoms with Gasteiger partial charge in [0.15, 0.2) is 5.78 Å². The minimum Gasteiger partial charge on any atom is -0.361 e. The van der Waals surface area contributed by atoms with Crippen molar-refractivity contribution in [3.63, 3.8) is 0 Å². The number of carbonyl (C=O) groups is 1. The zero-order valence-electron chi connectivity index (χ0n) is 17.8. The number of ketones is 1. The lowest BCUT2D eigenvalue weighted by atomic mass is 9.80. The molecule has 0 radical (unpaired) electrons. The third-order valence-electron chi connectivity index (χ3n) is 5.23. The van der Waals surface area contributed by atoms with Crippen LogP contribution in [0, 0.1) is 5.92 Å². The quantitative estimate of drug-likeness (QED) is 0.220. The first kappa shape index (κ1) is 21.7. The average Bonchev–Trinajstić information content (AvgIpc) is 2.80. The van der Waals surface area contributed by atoms with Crippen LogP contribution < -0.4 is 0 Å². The second-order valence-corrected chi connectivity index (χ2v) is 7.73. The van der Waals surface area contributed by atoms with Gasteiger partial charge in [0.05, 0.1) is 0 Å². The van der Waals surface area contributed by atoms with E-state index in [1.165, 1.54) is 0 Å². The zero-order valence-corrected chi connectivity index (χ0v) is 17.8. The van der Waals surface area contributed by atoms with Gasteiger partial charge in [-0.15, -0.1) is 0 Å². The summed E-state index contributed by atoms with van der Waals surface area (Å²) in [5.41, 5.74) is 2.63. The number of benzene rings is 3. The van der Waals surface area contributed by atoms with Crippen LogP contribution in [0.15, 0.2) is 103 Å². The molecule has 3 aromatic carbocycles. The van der Waals surface area contributed by atoms with Crippen LogP contribution in [0.5, 0.6) is 0 Å². The van der Waals surface area contributed by atoms with Crippen molar-refractivity contribution < 1.29 is 9.53 Å². The van der Waals surface area contributed by atoms with Gasteiger partial charge in [-0.1, -0.05) is 111 Å². The summed E-state index contributed by atoms with van der Waals surface area (Å²) in [4.78, 5) is 11.8. The van der Waals surface area contributed by atoms with Crippen molar-refractivity contribution >= 4 is 5.78 Å². The molecule has 0 unspecified atom stereocenters. The first-order valence-electron chi connectivity index (χ1n) is 10.7. The van der Waals surface area contributed by atoms with E-state index in [1.807, 2.05) is 38.1 Å². The molecule has 0 saturated carbocycles. The Morgan fingerprint density at radius 3 is 1.63 bits per heavy atom. The van der Waals surface area contributed by atoms with Crippen LogP contribution in [0.2, 0.25) is 0 Å². The van der Waals surface area contributed by atoms with E-state index in [0.29, 0.717) is 6.61 Å². The normalized spacial score (nSPS) is 11.8. The van der Waals surface area contributed by atoms with E-state index < -0.39 is 5.60 Å². The van der Waals surface area contributed by atoms with Gasteiger partial charge in [0.25, 0.3) is 0 Å². The van der Waals surface area contributed by atoms with Gasteiger partial charge in [-0.3, -0.25) is 4.79 Å². The first-order chi connectivity index (χ1) is 14.6. The predicted molar refractivity (Wildman–Crippen MR) is 123 cm³/mol. The van der Waals surface area contributed by atoms with Crippen LogP contribution in [0.25, 0.3) is 0 Å². The number of hydrogen-bond acceptors (Lipinski definition) is 2. The molecule has 0 spiro atoms. The Bertz CT molecular complexity index is 831. The minimum atomic E-state index is -0.679. The molecule has 0 N–H and O–H groups in total. The summed E-state index contributed by atoms with van der Waals surface area (Å²) < 4.78 is 6.72. The molecule has 0 fully saturated rings. The van der Waals surface area contributed by atoms with Crippen molar-refractivity contribution in [2.75, 3.05) is 6.61 Å². The topological polar surface area (TPSA) is 26.3 Å². The van der Waals surface area contributed by atoms with E-state index >= 15 is 0 Å². The third kappa shape index (κ3) is 5.14. The summed E-state index contributed by atoms with van der Waals surface area (Å²) in [5.74, 6) is 0.211. The molecule has 0 atom stereocenters. The van der Waals surface area contributed by atoms with Crippen LogP contribution in [-0.4, -0.2) is 12.4 Å². The van der Waals surface area contributed by atoms with Gasteiger partial charge in [-0.2, -0.15) is 0 Å². The largest absolute Gasteiger partial charge is 0.361 e. The Labute approximate surface area is 180 Å². The molecule has 0 heterocycles. The molecule has 2 nitrogen and oxygen atoms in total. The van der Waals surface area contributed by atoms with Crippen molar-refractivity contribution in [2.24, 2.45) is 5.92 Å². The highest BCUT2D eigenvalue weighted by Crippen LogP contribution is 2.40. The molecular weight excluding hydrogens is 368 g/mol. The first-order valence-corrected chi connectivity index (χ1v) is 10.7. The number of allylic oxidation sites excluding steroid dienone is 2. The summed E-state index contributed by atoms with van der Waals surface area (Å²) in [6, 6.07) is 31.2. The number of hydrogen-bond donors (Lipinski definition) is 0. The number of rotatable bonds is 10. The summed E-state index contributed by atoms with van der Waals surface area (Å²) in [6.45, 7) is 4.42. The van der Waals surface area contributed by atoms with Crippen LogP contribution in [0.4, 0.5) is 0 Å². The van der Waals surface area contributed by atoms with Crippen molar-refractivity contribution in [1.29, 1.82) is 0 Å². The van der Waals surface area contributed by atoms with E-state index in [9.17, 15) is 4.79 Å². The SMILES string of the molecule is CC(C)C(=O)/C=C/CCCOC(c1ccccc1)(c1ccccc1)c1ccccc1. The monoisotopic (exact) mass is 398 g/mol. The standard InChI is InChI=1S/C28H30O2/c1-23(2)27(29)21-13-6-14-22-30-28(24-15-7-3-8-16-24,25-17-9-4-10-18-25)26-19-11-5-12-20-26/h3-5,7-13,15-21,23H,6,14,22H2,1-2H3/b21-13+. The lowest BCUT2D eigenvalue weighted by molar-refractivity contribution is -0.117. The van der Waals surface area contributed by atoms with E-state index in [4.69, 9.17) is 4.74 Å². The second-order valence-electron chi connectivity index (χ2n) is 7.73. The van der Waals surface area contributed by atoms with Crippen LogP contribution in [0.3, 0.4) is 0 Å². The molecule has 0 bridgehead atoms. The lowest BCUT2D eigenvalue weighted by Gasteiger charge is -2.36.